The molecule has 110 valence electrons. The van der Waals surface area contributed by atoms with Gasteiger partial charge in [-0.25, -0.2) is 8.42 Å². The van der Waals surface area contributed by atoms with Gasteiger partial charge in [0, 0.05) is 18.0 Å². The highest BCUT2D eigenvalue weighted by molar-refractivity contribution is 7.89. The van der Waals surface area contributed by atoms with E-state index in [0.29, 0.717) is 15.7 Å². The average molecular weight is 316 g/mol. The molecule has 0 atom stereocenters. The van der Waals surface area contributed by atoms with Gasteiger partial charge in [-0.3, -0.25) is 0 Å². The molecule has 0 amide bonds. The second-order valence-corrected chi connectivity index (χ2v) is 6.69. The molecule has 0 saturated heterocycles. The minimum absolute atomic E-state index is 0.0575. The molecule has 0 spiro atoms. The summed E-state index contributed by atoms with van der Waals surface area (Å²) in [5.74, 6) is 0. The lowest BCUT2D eigenvalue weighted by molar-refractivity contribution is -0.135. The summed E-state index contributed by atoms with van der Waals surface area (Å²) in [6.07, 6.45) is -4.55. The standard InChI is InChI=1S/C10H15F3N2O2S2/c1-3-15(7-10(11,12)13)19(16,17)9-4-5-18-8(9)6-14-2/h4-5,14H,3,6-7H2,1-2H3. The van der Waals surface area contributed by atoms with Crippen molar-refractivity contribution in [2.75, 3.05) is 20.1 Å². The number of nitrogens with one attached hydrogen (secondary N) is 1. The molecule has 0 aliphatic carbocycles. The van der Waals surface area contributed by atoms with Gasteiger partial charge in [0.05, 0.1) is 4.90 Å². The SMILES string of the molecule is CCN(CC(F)(F)F)S(=O)(=O)c1ccsc1CNC. The molecule has 1 N–H and O–H groups in total. The Kier molecular flexibility index (Phi) is 5.36. The van der Waals surface area contributed by atoms with Crippen molar-refractivity contribution >= 4 is 21.4 Å². The minimum atomic E-state index is -4.55. The molecule has 0 aromatic carbocycles. The number of hydrogen-bond acceptors (Lipinski definition) is 4. The summed E-state index contributed by atoms with van der Waals surface area (Å²) >= 11 is 1.20. The fourth-order valence-electron chi connectivity index (χ4n) is 1.55. The summed E-state index contributed by atoms with van der Waals surface area (Å²) < 4.78 is 62.0. The summed E-state index contributed by atoms with van der Waals surface area (Å²) in [5.41, 5.74) is 0. The molecule has 0 unspecified atom stereocenters. The first-order chi connectivity index (χ1) is 8.72. The fraction of sp³-hybridized carbons (Fsp3) is 0.600. The van der Waals surface area contributed by atoms with Gasteiger partial charge in [0.15, 0.2) is 0 Å². The Labute approximate surface area is 114 Å². The maximum atomic E-state index is 12.4. The van der Waals surface area contributed by atoms with Gasteiger partial charge >= 0.3 is 6.18 Å². The number of rotatable bonds is 6. The Morgan fingerprint density at radius 3 is 2.53 bits per heavy atom. The zero-order valence-corrected chi connectivity index (χ0v) is 12.1. The Hall–Kier alpha value is -0.640. The predicted octanol–water partition coefficient (Wildman–Crippen LogP) is 2.04. The molecule has 1 heterocycles. The maximum Gasteiger partial charge on any atom is 0.402 e. The van der Waals surface area contributed by atoms with Crippen LogP contribution in [0.5, 0.6) is 0 Å². The number of sulfonamides is 1. The van der Waals surface area contributed by atoms with Gasteiger partial charge in [-0.15, -0.1) is 11.3 Å². The Morgan fingerprint density at radius 1 is 1.42 bits per heavy atom. The van der Waals surface area contributed by atoms with E-state index in [2.05, 4.69) is 5.32 Å². The van der Waals surface area contributed by atoms with E-state index in [-0.39, 0.29) is 11.4 Å². The van der Waals surface area contributed by atoms with Crippen molar-refractivity contribution in [1.29, 1.82) is 0 Å². The van der Waals surface area contributed by atoms with E-state index in [1.807, 2.05) is 0 Å². The van der Waals surface area contributed by atoms with Crippen LogP contribution in [0.15, 0.2) is 16.3 Å². The van der Waals surface area contributed by atoms with Crippen LogP contribution in [0, 0.1) is 0 Å². The second-order valence-electron chi connectivity index (χ2n) is 3.78. The van der Waals surface area contributed by atoms with Gasteiger partial charge in [0.2, 0.25) is 10.0 Å². The third-order valence-electron chi connectivity index (χ3n) is 2.37. The molecular formula is C10H15F3N2O2S2. The van der Waals surface area contributed by atoms with Gasteiger partial charge in [0.1, 0.15) is 6.54 Å². The smallest absolute Gasteiger partial charge is 0.315 e. The lowest BCUT2D eigenvalue weighted by Crippen LogP contribution is -2.39. The Morgan fingerprint density at radius 2 is 2.05 bits per heavy atom. The van der Waals surface area contributed by atoms with Gasteiger partial charge in [0.25, 0.3) is 0 Å². The van der Waals surface area contributed by atoms with Crippen molar-refractivity contribution in [3.8, 4) is 0 Å². The van der Waals surface area contributed by atoms with E-state index in [1.165, 1.54) is 24.3 Å². The van der Waals surface area contributed by atoms with Crippen LogP contribution in [0.2, 0.25) is 0 Å². The van der Waals surface area contributed by atoms with Crippen LogP contribution in [0.4, 0.5) is 13.2 Å². The summed E-state index contributed by atoms with van der Waals surface area (Å²) in [6, 6.07) is 1.34. The minimum Gasteiger partial charge on any atom is -0.315 e. The summed E-state index contributed by atoms with van der Waals surface area (Å²) in [4.78, 5) is 0.445. The Balaban J connectivity index is 3.10. The molecule has 9 heteroatoms. The van der Waals surface area contributed by atoms with Crippen LogP contribution in [0.25, 0.3) is 0 Å². The fourth-order valence-corrected chi connectivity index (χ4v) is 4.41. The molecule has 1 aromatic rings. The van der Waals surface area contributed by atoms with E-state index < -0.39 is 22.7 Å². The third kappa shape index (κ3) is 4.16. The van der Waals surface area contributed by atoms with Crippen molar-refractivity contribution in [3.63, 3.8) is 0 Å². The molecule has 0 aliphatic heterocycles. The molecular weight excluding hydrogens is 301 g/mol. The Bertz CT molecular complexity index is 511. The van der Waals surface area contributed by atoms with Gasteiger partial charge in [-0.1, -0.05) is 6.92 Å². The predicted molar refractivity (Wildman–Crippen MR) is 67.6 cm³/mol. The lowest BCUT2D eigenvalue weighted by Gasteiger charge is -2.22. The zero-order chi connectivity index (χ0) is 14.7. The van der Waals surface area contributed by atoms with E-state index in [4.69, 9.17) is 0 Å². The monoisotopic (exact) mass is 316 g/mol. The first-order valence-electron chi connectivity index (χ1n) is 5.50. The molecule has 0 aliphatic rings. The van der Waals surface area contributed by atoms with Crippen molar-refractivity contribution in [2.45, 2.75) is 24.5 Å². The summed E-state index contributed by atoms with van der Waals surface area (Å²) in [6.45, 7) is -0.0133. The topological polar surface area (TPSA) is 49.4 Å². The molecule has 0 bridgehead atoms. The van der Waals surface area contributed by atoms with E-state index >= 15 is 0 Å². The van der Waals surface area contributed by atoms with Crippen molar-refractivity contribution in [2.24, 2.45) is 0 Å². The number of hydrogen-bond donors (Lipinski definition) is 1. The van der Waals surface area contributed by atoms with Crippen LogP contribution in [-0.2, 0) is 16.6 Å². The van der Waals surface area contributed by atoms with E-state index in [1.54, 1.807) is 12.4 Å². The highest BCUT2D eigenvalue weighted by Gasteiger charge is 2.37. The highest BCUT2D eigenvalue weighted by Crippen LogP contribution is 2.27. The molecule has 0 fully saturated rings. The summed E-state index contributed by atoms with van der Waals surface area (Å²) in [5, 5.41) is 4.35. The van der Waals surface area contributed by atoms with Crippen LogP contribution < -0.4 is 5.32 Å². The number of alkyl halides is 3. The van der Waals surface area contributed by atoms with Crippen LogP contribution in [-0.4, -0.2) is 39.0 Å². The van der Waals surface area contributed by atoms with Crippen molar-refractivity contribution in [1.82, 2.24) is 9.62 Å². The number of nitrogens with zero attached hydrogens (tertiary/aromatic N) is 1. The molecule has 0 radical (unpaired) electrons. The van der Waals surface area contributed by atoms with Crippen molar-refractivity contribution < 1.29 is 21.6 Å². The van der Waals surface area contributed by atoms with Gasteiger partial charge < -0.3 is 5.32 Å². The van der Waals surface area contributed by atoms with Crippen LogP contribution in [0.1, 0.15) is 11.8 Å². The normalized spacial score (nSPS) is 13.2. The number of halogens is 3. The van der Waals surface area contributed by atoms with E-state index in [0.717, 1.165) is 0 Å². The average Bonchev–Trinajstić information content (AvgIpc) is 2.74. The highest BCUT2D eigenvalue weighted by atomic mass is 32.2. The molecule has 4 nitrogen and oxygen atoms in total. The third-order valence-corrected chi connectivity index (χ3v) is 5.42. The first kappa shape index (κ1) is 16.4. The maximum absolute atomic E-state index is 12.4. The number of thiophene rings is 1. The van der Waals surface area contributed by atoms with Gasteiger partial charge in [-0.05, 0) is 18.5 Å². The zero-order valence-electron chi connectivity index (χ0n) is 10.5. The molecule has 1 rings (SSSR count). The van der Waals surface area contributed by atoms with E-state index in [9.17, 15) is 21.6 Å². The second kappa shape index (κ2) is 6.21. The van der Waals surface area contributed by atoms with Gasteiger partial charge in [-0.2, -0.15) is 17.5 Å². The molecule has 1 aromatic heterocycles. The quantitative estimate of drug-likeness (QED) is 0.874. The molecule has 19 heavy (non-hydrogen) atoms. The van der Waals surface area contributed by atoms with Crippen LogP contribution >= 0.6 is 11.3 Å². The van der Waals surface area contributed by atoms with Crippen LogP contribution in [0.3, 0.4) is 0 Å². The summed E-state index contributed by atoms with van der Waals surface area (Å²) in [7, 11) is -2.47. The van der Waals surface area contributed by atoms with Crippen molar-refractivity contribution in [3.05, 3.63) is 16.3 Å². The first-order valence-corrected chi connectivity index (χ1v) is 7.82. The largest absolute Gasteiger partial charge is 0.402 e. The molecule has 0 saturated carbocycles. The lowest BCUT2D eigenvalue weighted by atomic mass is 10.5.